The molecular formula is C22H25N3O2. The van der Waals surface area contributed by atoms with Gasteiger partial charge in [0.15, 0.2) is 0 Å². The van der Waals surface area contributed by atoms with Crippen LogP contribution in [0.3, 0.4) is 0 Å². The van der Waals surface area contributed by atoms with Crippen LogP contribution in [-0.4, -0.2) is 38.7 Å². The molecule has 0 saturated heterocycles. The quantitative estimate of drug-likeness (QED) is 0.687. The van der Waals surface area contributed by atoms with Crippen molar-refractivity contribution in [3.8, 4) is 5.75 Å². The van der Waals surface area contributed by atoms with Crippen molar-refractivity contribution in [2.75, 3.05) is 33.1 Å². The lowest BCUT2D eigenvalue weighted by Gasteiger charge is -2.26. The molecule has 0 aliphatic carbocycles. The molecule has 0 radical (unpaired) electrons. The van der Waals surface area contributed by atoms with Crippen molar-refractivity contribution in [1.82, 2.24) is 10.2 Å². The maximum atomic E-state index is 12.5. The van der Waals surface area contributed by atoms with Crippen molar-refractivity contribution in [3.63, 3.8) is 0 Å². The Balaban J connectivity index is 1.71. The normalized spacial score (nSPS) is 12.0. The van der Waals surface area contributed by atoms with E-state index in [0.717, 1.165) is 27.8 Å². The van der Waals surface area contributed by atoms with Crippen LogP contribution in [0.15, 0.2) is 66.7 Å². The summed E-state index contributed by atoms with van der Waals surface area (Å²) < 4.78 is 5.47. The summed E-state index contributed by atoms with van der Waals surface area (Å²) in [6.07, 6.45) is 0. The highest BCUT2D eigenvalue weighted by Gasteiger charge is 2.19. The molecule has 0 bridgehead atoms. The molecule has 5 nitrogen and oxygen atoms in total. The zero-order chi connectivity index (χ0) is 19.2. The number of nitrogens with zero attached hydrogens (tertiary/aromatic N) is 1. The summed E-state index contributed by atoms with van der Waals surface area (Å²) >= 11 is 0. The van der Waals surface area contributed by atoms with Crippen LogP contribution in [0.25, 0.3) is 10.8 Å². The molecule has 0 aliphatic heterocycles. The van der Waals surface area contributed by atoms with Crippen LogP contribution in [-0.2, 0) is 0 Å². The van der Waals surface area contributed by atoms with E-state index in [2.05, 4.69) is 15.5 Å². The molecule has 0 heterocycles. The number of ether oxygens (including phenoxy) is 1. The summed E-state index contributed by atoms with van der Waals surface area (Å²) in [6.45, 7) is 0.462. The third kappa shape index (κ3) is 4.38. The topological polar surface area (TPSA) is 53.6 Å². The second kappa shape index (κ2) is 8.56. The van der Waals surface area contributed by atoms with Gasteiger partial charge in [-0.15, -0.1) is 0 Å². The predicted octanol–water partition coefficient (Wildman–Crippen LogP) is 4.27. The van der Waals surface area contributed by atoms with Gasteiger partial charge in [0.25, 0.3) is 0 Å². The number of benzene rings is 3. The van der Waals surface area contributed by atoms with Crippen molar-refractivity contribution in [3.05, 3.63) is 72.3 Å². The molecule has 0 spiro atoms. The monoisotopic (exact) mass is 363 g/mol. The summed E-state index contributed by atoms with van der Waals surface area (Å²) in [5.74, 6) is 0.812. The van der Waals surface area contributed by atoms with Crippen LogP contribution in [0.5, 0.6) is 5.75 Å². The van der Waals surface area contributed by atoms with Gasteiger partial charge < -0.3 is 20.3 Å². The third-order valence-electron chi connectivity index (χ3n) is 4.62. The number of amides is 2. The Morgan fingerprint density at radius 3 is 2.48 bits per heavy atom. The molecule has 5 heteroatoms. The second-order valence-corrected chi connectivity index (χ2v) is 6.58. The maximum Gasteiger partial charge on any atom is 0.319 e. The lowest BCUT2D eigenvalue weighted by molar-refractivity contribution is 0.242. The van der Waals surface area contributed by atoms with Crippen LogP contribution in [0.1, 0.15) is 11.6 Å². The SMILES string of the molecule is COc1ccccc1C(CNC(=O)Nc1cccc2ccccc12)N(C)C. The molecule has 0 aromatic heterocycles. The third-order valence-corrected chi connectivity index (χ3v) is 4.62. The number of nitrogens with one attached hydrogen (secondary N) is 2. The number of likely N-dealkylation sites (N-methyl/N-ethyl adjacent to an activating group) is 1. The number of hydrogen-bond donors (Lipinski definition) is 2. The summed E-state index contributed by atoms with van der Waals surface area (Å²) in [7, 11) is 5.63. The predicted molar refractivity (Wildman–Crippen MR) is 110 cm³/mol. The zero-order valence-corrected chi connectivity index (χ0v) is 15.9. The number of anilines is 1. The minimum absolute atomic E-state index is 0.000539. The largest absolute Gasteiger partial charge is 0.496 e. The fraction of sp³-hybridized carbons (Fsp3) is 0.227. The molecule has 3 aromatic carbocycles. The van der Waals surface area contributed by atoms with E-state index in [9.17, 15) is 4.79 Å². The van der Waals surface area contributed by atoms with Gasteiger partial charge in [0.2, 0.25) is 0 Å². The fourth-order valence-electron chi connectivity index (χ4n) is 3.20. The first-order valence-corrected chi connectivity index (χ1v) is 8.92. The highest BCUT2D eigenvalue weighted by Crippen LogP contribution is 2.27. The molecule has 140 valence electrons. The minimum Gasteiger partial charge on any atom is -0.496 e. The average molecular weight is 363 g/mol. The lowest BCUT2D eigenvalue weighted by atomic mass is 10.0. The highest BCUT2D eigenvalue weighted by molar-refractivity contribution is 6.01. The summed E-state index contributed by atoms with van der Waals surface area (Å²) in [6, 6.07) is 21.5. The van der Waals surface area contributed by atoms with Gasteiger partial charge in [-0.3, -0.25) is 0 Å². The smallest absolute Gasteiger partial charge is 0.319 e. The Morgan fingerprint density at radius 1 is 1.00 bits per heavy atom. The van der Waals surface area contributed by atoms with Gasteiger partial charge in [0.1, 0.15) is 5.75 Å². The molecule has 2 N–H and O–H groups in total. The van der Waals surface area contributed by atoms with Gasteiger partial charge >= 0.3 is 6.03 Å². The molecule has 1 unspecified atom stereocenters. The minimum atomic E-state index is -0.229. The van der Waals surface area contributed by atoms with E-state index >= 15 is 0 Å². The van der Waals surface area contributed by atoms with Crippen LogP contribution < -0.4 is 15.4 Å². The number of carbonyl (C=O) groups excluding carboxylic acids is 1. The van der Waals surface area contributed by atoms with E-state index in [-0.39, 0.29) is 12.1 Å². The van der Waals surface area contributed by atoms with E-state index in [0.29, 0.717) is 6.54 Å². The lowest BCUT2D eigenvalue weighted by Crippen LogP contribution is -2.37. The van der Waals surface area contributed by atoms with Crippen molar-refractivity contribution >= 4 is 22.5 Å². The van der Waals surface area contributed by atoms with E-state index in [1.807, 2.05) is 80.8 Å². The van der Waals surface area contributed by atoms with Crippen molar-refractivity contribution in [1.29, 1.82) is 0 Å². The Hall–Kier alpha value is -3.05. The van der Waals surface area contributed by atoms with E-state index in [4.69, 9.17) is 4.74 Å². The Kier molecular flexibility index (Phi) is 5.94. The van der Waals surface area contributed by atoms with Crippen LogP contribution in [0.4, 0.5) is 10.5 Å². The summed E-state index contributed by atoms with van der Waals surface area (Å²) in [5, 5.41) is 8.05. The molecule has 0 saturated carbocycles. The first-order chi connectivity index (χ1) is 13.1. The average Bonchev–Trinajstić information content (AvgIpc) is 2.68. The number of methoxy groups -OCH3 is 1. The van der Waals surface area contributed by atoms with Crippen molar-refractivity contribution in [2.45, 2.75) is 6.04 Å². The molecule has 2 amide bonds. The van der Waals surface area contributed by atoms with E-state index in [1.165, 1.54) is 0 Å². The highest BCUT2D eigenvalue weighted by atomic mass is 16.5. The Labute approximate surface area is 159 Å². The first kappa shape index (κ1) is 18.7. The molecular weight excluding hydrogens is 338 g/mol. The molecule has 0 fully saturated rings. The number of para-hydroxylation sites is 1. The molecule has 0 aliphatic rings. The molecule has 3 aromatic rings. The van der Waals surface area contributed by atoms with Crippen LogP contribution in [0, 0.1) is 0 Å². The van der Waals surface area contributed by atoms with Crippen LogP contribution >= 0.6 is 0 Å². The van der Waals surface area contributed by atoms with Gasteiger partial charge in [-0.05, 0) is 31.6 Å². The maximum absolute atomic E-state index is 12.5. The Bertz CT molecular complexity index is 919. The number of fused-ring (bicyclic) bond motifs is 1. The summed E-state index contributed by atoms with van der Waals surface area (Å²) in [5.41, 5.74) is 1.83. The first-order valence-electron chi connectivity index (χ1n) is 8.92. The number of urea groups is 1. The standard InChI is InChI=1S/C22H25N3O2/c1-25(2)20(18-12-6-7-14-21(18)27-3)15-23-22(26)24-19-13-8-10-16-9-4-5-11-17(16)19/h4-14,20H,15H2,1-3H3,(H2,23,24,26). The fourth-order valence-corrected chi connectivity index (χ4v) is 3.20. The van der Waals surface area contributed by atoms with Crippen molar-refractivity contribution in [2.24, 2.45) is 0 Å². The van der Waals surface area contributed by atoms with E-state index in [1.54, 1.807) is 7.11 Å². The van der Waals surface area contributed by atoms with Crippen LogP contribution in [0.2, 0.25) is 0 Å². The molecule has 3 rings (SSSR count). The van der Waals surface area contributed by atoms with Gasteiger partial charge in [0, 0.05) is 17.5 Å². The summed E-state index contributed by atoms with van der Waals surface area (Å²) in [4.78, 5) is 14.6. The number of carbonyl (C=O) groups is 1. The van der Waals surface area contributed by atoms with Gasteiger partial charge in [-0.1, -0.05) is 54.6 Å². The number of hydrogen-bond acceptors (Lipinski definition) is 3. The number of rotatable bonds is 6. The zero-order valence-electron chi connectivity index (χ0n) is 15.9. The van der Waals surface area contributed by atoms with Gasteiger partial charge in [-0.2, -0.15) is 0 Å². The Morgan fingerprint density at radius 2 is 1.70 bits per heavy atom. The van der Waals surface area contributed by atoms with Gasteiger partial charge in [0.05, 0.1) is 18.8 Å². The molecule has 27 heavy (non-hydrogen) atoms. The molecule has 1 atom stereocenters. The van der Waals surface area contributed by atoms with Crippen molar-refractivity contribution < 1.29 is 9.53 Å². The van der Waals surface area contributed by atoms with E-state index < -0.39 is 0 Å². The second-order valence-electron chi connectivity index (χ2n) is 6.58. The van der Waals surface area contributed by atoms with Gasteiger partial charge in [-0.25, -0.2) is 4.79 Å².